The van der Waals surface area contributed by atoms with Crippen molar-refractivity contribution in [2.45, 2.75) is 19.8 Å². The second-order valence-electron chi connectivity index (χ2n) is 4.51. The summed E-state index contributed by atoms with van der Waals surface area (Å²) in [6, 6.07) is 7.70. The quantitative estimate of drug-likeness (QED) is 0.782. The Morgan fingerprint density at radius 2 is 2.16 bits per heavy atom. The zero-order valence-corrected chi connectivity index (χ0v) is 11.5. The molecule has 0 unspecified atom stereocenters. The van der Waals surface area contributed by atoms with E-state index < -0.39 is 0 Å². The third-order valence-corrected chi connectivity index (χ3v) is 3.08. The Labute approximate surface area is 112 Å². The van der Waals surface area contributed by atoms with Gasteiger partial charge < -0.3 is 15.0 Å². The maximum absolute atomic E-state index is 11.9. The van der Waals surface area contributed by atoms with Crippen LogP contribution in [0.3, 0.4) is 0 Å². The van der Waals surface area contributed by atoms with Crippen molar-refractivity contribution >= 4 is 10.9 Å². The summed E-state index contributed by atoms with van der Waals surface area (Å²) in [5, 5.41) is 4.11. The molecule has 1 aromatic carbocycles. The van der Waals surface area contributed by atoms with Crippen molar-refractivity contribution in [1.29, 1.82) is 0 Å². The van der Waals surface area contributed by atoms with E-state index in [9.17, 15) is 4.79 Å². The number of aryl methyl sites for hydroxylation is 1. The Balaban J connectivity index is 2.32. The number of hydrogen-bond acceptors (Lipinski definition) is 3. The summed E-state index contributed by atoms with van der Waals surface area (Å²) < 4.78 is 5.48. The molecule has 0 fully saturated rings. The van der Waals surface area contributed by atoms with Crippen molar-refractivity contribution in [3.05, 3.63) is 40.2 Å². The molecule has 2 N–H and O–H groups in total. The number of ether oxygens (including phenoxy) is 1. The van der Waals surface area contributed by atoms with Gasteiger partial charge in [0.15, 0.2) is 0 Å². The van der Waals surface area contributed by atoms with E-state index in [1.807, 2.05) is 38.2 Å². The third-order valence-electron chi connectivity index (χ3n) is 3.08. The summed E-state index contributed by atoms with van der Waals surface area (Å²) >= 11 is 0. The predicted octanol–water partition coefficient (Wildman–Crippen LogP) is 2.08. The summed E-state index contributed by atoms with van der Waals surface area (Å²) in [4.78, 5) is 14.9. The Morgan fingerprint density at radius 3 is 2.89 bits per heavy atom. The lowest BCUT2D eigenvalue weighted by Gasteiger charge is -2.06. The molecule has 0 saturated heterocycles. The summed E-state index contributed by atoms with van der Waals surface area (Å²) in [5.74, 6) is 0.836. The van der Waals surface area contributed by atoms with Crippen LogP contribution in [0.1, 0.15) is 18.9 Å². The molecule has 0 saturated carbocycles. The highest BCUT2D eigenvalue weighted by Gasteiger charge is 2.04. The van der Waals surface area contributed by atoms with Gasteiger partial charge in [-0.2, -0.15) is 0 Å². The Morgan fingerprint density at radius 1 is 1.32 bits per heavy atom. The molecule has 1 aromatic heterocycles. The van der Waals surface area contributed by atoms with Crippen LogP contribution in [0.5, 0.6) is 5.75 Å². The average molecular weight is 260 g/mol. The number of aromatic nitrogens is 1. The van der Waals surface area contributed by atoms with Crippen molar-refractivity contribution in [2.75, 3.05) is 20.2 Å². The van der Waals surface area contributed by atoms with Crippen molar-refractivity contribution < 1.29 is 4.74 Å². The first-order valence-electron chi connectivity index (χ1n) is 6.68. The molecule has 19 heavy (non-hydrogen) atoms. The molecule has 0 spiro atoms. The van der Waals surface area contributed by atoms with E-state index in [-0.39, 0.29) is 5.56 Å². The number of rotatable bonds is 6. The second kappa shape index (κ2) is 6.38. The third kappa shape index (κ3) is 3.35. The van der Waals surface area contributed by atoms with Gasteiger partial charge in [0, 0.05) is 16.5 Å². The van der Waals surface area contributed by atoms with E-state index >= 15 is 0 Å². The number of pyridine rings is 1. The Hall–Kier alpha value is -1.81. The van der Waals surface area contributed by atoms with Crippen LogP contribution in [-0.2, 0) is 6.42 Å². The Bertz CT molecular complexity index is 605. The molecule has 2 rings (SSSR count). The number of fused-ring (bicyclic) bond motifs is 1. The number of benzene rings is 1. The van der Waals surface area contributed by atoms with Gasteiger partial charge in [0.05, 0.1) is 6.61 Å². The molecule has 0 bridgehead atoms. The van der Waals surface area contributed by atoms with Crippen LogP contribution < -0.4 is 15.6 Å². The molecule has 0 aliphatic heterocycles. The highest BCUT2D eigenvalue weighted by atomic mass is 16.5. The van der Waals surface area contributed by atoms with Gasteiger partial charge in [-0.15, -0.1) is 0 Å². The summed E-state index contributed by atoms with van der Waals surface area (Å²) in [6.45, 7) is 3.51. The zero-order valence-electron chi connectivity index (χ0n) is 11.5. The molecule has 0 atom stereocenters. The predicted molar refractivity (Wildman–Crippen MR) is 78.0 cm³/mol. The molecule has 4 heteroatoms. The van der Waals surface area contributed by atoms with Gasteiger partial charge in [-0.3, -0.25) is 4.79 Å². The van der Waals surface area contributed by atoms with Gasteiger partial charge in [-0.05, 0) is 57.6 Å². The van der Waals surface area contributed by atoms with E-state index in [1.54, 1.807) is 0 Å². The Kier molecular flexibility index (Phi) is 4.58. The van der Waals surface area contributed by atoms with E-state index in [0.29, 0.717) is 6.61 Å². The monoisotopic (exact) mass is 260 g/mol. The van der Waals surface area contributed by atoms with Crippen LogP contribution in [0.4, 0.5) is 0 Å². The van der Waals surface area contributed by atoms with E-state index in [4.69, 9.17) is 4.74 Å². The largest absolute Gasteiger partial charge is 0.494 e. The molecule has 102 valence electrons. The standard InChI is InChI=1S/C15H20N2O2/c1-3-19-13-6-7-14-12(10-13)9-11(15(18)17-14)5-4-8-16-2/h6-7,9-10,16H,3-5,8H2,1-2H3,(H,17,18). The van der Waals surface area contributed by atoms with Gasteiger partial charge in [0.1, 0.15) is 5.75 Å². The van der Waals surface area contributed by atoms with Crippen LogP contribution >= 0.6 is 0 Å². The van der Waals surface area contributed by atoms with Gasteiger partial charge in [0.25, 0.3) is 5.56 Å². The topological polar surface area (TPSA) is 54.1 Å². The minimum atomic E-state index is 0.00719. The summed E-state index contributed by atoms with van der Waals surface area (Å²) in [6.07, 6.45) is 1.74. The van der Waals surface area contributed by atoms with Crippen molar-refractivity contribution in [3.63, 3.8) is 0 Å². The molecule has 0 aliphatic rings. The number of H-pyrrole nitrogens is 1. The zero-order chi connectivity index (χ0) is 13.7. The smallest absolute Gasteiger partial charge is 0.251 e. The molecule has 2 aromatic rings. The summed E-state index contributed by atoms with van der Waals surface area (Å²) in [5.41, 5.74) is 1.69. The van der Waals surface area contributed by atoms with Crippen LogP contribution in [0.2, 0.25) is 0 Å². The lowest BCUT2D eigenvalue weighted by atomic mass is 10.1. The first-order valence-corrected chi connectivity index (χ1v) is 6.68. The van der Waals surface area contributed by atoms with Crippen LogP contribution in [0, 0.1) is 0 Å². The van der Waals surface area contributed by atoms with Crippen LogP contribution in [0.15, 0.2) is 29.1 Å². The SMILES string of the molecule is CCOc1ccc2[nH]c(=O)c(CCCNC)cc2c1. The van der Waals surface area contributed by atoms with Gasteiger partial charge in [0.2, 0.25) is 0 Å². The fourth-order valence-electron chi connectivity index (χ4n) is 2.13. The minimum Gasteiger partial charge on any atom is -0.494 e. The molecule has 0 radical (unpaired) electrons. The fourth-order valence-corrected chi connectivity index (χ4v) is 2.13. The maximum Gasteiger partial charge on any atom is 0.251 e. The van der Waals surface area contributed by atoms with E-state index in [0.717, 1.165) is 41.6 Å². The minimum absolute atomic E-state index is 0.00719. The van der Waals surface area contributed by atoms with Crippen LogP contribution in [-0.4, -0.2) is 25.2 Å². The van der Waals surface area contributed by atoms with Crippen molar-refractivity contribution in [1.82, 2.24) is 10.3 Å². The van der Waals surface area contributed by atoms with E-state index in [2.05, 4.69) is 10.3 Å². The van der Waals surface area contributed by atoms with Gasteiger partial charge in [-0.25, -0.2) is 0 Å². The molecule has 4 nitrogen and oxygen atoms in total. The van der Waals surface area contributed by atoms with Crippen molar-refractivity contribution in [3.8, 4) is 5.75 Å². The fraction of sp³-hybridized carbons (Fsp3) is 0.400. The number of hydrogen-bond donors (Lipinski definition) is 2. The average Bonchev–Trinajstić information content (AvgIpc) is 2.40. The summed E-state index contributed by atoms with van der Waals surface area (Å²) in [7, 11) is 1.92. The first kappa shape index (κ1) is 13.6. The lowest BCUT2D eigenvalue weighted by Crippen LogP contribution is -2.15. The number of nitrogens with one attached hydrogen (secondary N) is 2. The second-order valence-corrected chi connectivity index (χ2v) is 4.51. The number of aromatic amines is 1. The van der Waals surface area contributed by atoms with E-state index in [1.165, 1.54) is 0 Å². The highest BCUT2D eigenvalue weighted by molar-refractivity contribution is 5.80. The molecule has 0 aliphatic carbocycles. The molecular formula is C15H20N2O2. The van der Waals surface area contributed by atoms with Crippen LogP contribution in [0.25, 0.3) is 10.9 Å². The highest BCUT2D eigenvalue weighted by Crippen LogP contribution is 2.19. The first-order chi connectivity index (χ1) is 9.24. The van der Waals surface area contributed by atoms with Crippen molar-refractivity contribution in [2.24, 2.45) is 0 Å². The normalized spacial score (nSPS) is 10.8. The molecule has 0 amide bonds. The van der Waals surface area contributed by atoms with Gasteiger partial charge in [-0.1, -0.05) is 0 Å². The molecular weight excluding hydrogens is 240 g/mol. The molecule has 1 heterocycles. The van der Waals surface area contributed by atoms with Gasteiger partial charge >= 0.3 is 0 Å². The lowest BCUT2D eigenvalue weighted by molar-refractivity contribution is 0.340. The maximum atomic E-state index is 11.9.